The zero-order chi connectivity index (χ0) is 26.7. The number of anilines is 1. The minimum absolute atomic E-state index is 0.103. The van der Waals surface area contributed by atoms with Crippen LogP contribution in [0.3, 0.4) is 0 Å². The molecule has 0 radical (unpaired) electrons. The van der Waals surface area contributed by atoms with Crippen LogP contribution in [0.4, 0.5) is 5.69 Å². The molecule has 4 rings (SSSR count). The number of rotatable bonds is 14. The molecule has 2 heterocycles. The van der Waals surface area contributed by atoms with E-state index in [4.69, 9.17) is 0 Å². The number of aromatic amines is 1. The molecule has 200 valence electrons. The molecule has 0 bridgehead atoms. The summed E-state index contributed by atoms with van der Waals surface area (Å²) in [5.41, 5.74) is 4.91. The molecule has 2 aromatic carbocycles. The lowest BCUT2D eigenvalue weighted by atomic mass is 10.1. The minimum atomic E-state index is -0.103. The lowest BCUT2D eigenvalue weighted by Crippen LogP contribution is -2.24. The second-order valence-corrected chi connectivity index (χ2v) is 10.7. The number of hydrogen-bond donors (Lipinski definition) is 2. The van der Waals surface area contributed by atoms with E-state index >= 15 is 0 Å². The molecule has 0 unspecified atom stereocenters. The lowest BCUT2D eigenvalue weighted by molar-refractivity contribution is 0.102. The fourth-order valence-electron chi connectivity index (χ4n) is 4.55. The third-order valence-corrected chi connectivity index (χ3v) is 7.12. The largest absolute Gasteiger partial charge is 0.348 e. The predicted molar refractivity (Wildman–Crippen MR) is 155 cm³/mol. The van der Waals surface area contributed by atoms with Gasteiger partial charge in [0, 0.05) is 48.7 Å². The maximum Gasteiger partial charge on any atom is 0.255 e. The molecular weight excluding hydrogens is 492 g/mol. The molecule has 0 aliphatic heterocycles. The van der Waals surface area contributed by atoms with Crippen molar-refractivity contribution in [2.24, 2.45) is 0 Å². The Labute approximate surface area is 230 Å². The second-order valence-electron chi connectivity index (χ2n) is 9.66. The Morgan fingerprint density at radius 3 is 2.13 bits per heavy atom. The summed E-state index contributed by atoms with van der Waals surface area (Å²) >= 11 is 1.67. The van der Waals surface area contributed by atoms with Gasteiger partial charge in [-0.2, -0.15) is 0 Å². The van der Waals surface area contributed by atoms with Gasteiger partial charge in [0.25, 0.3) is 5.91 Å². The summed E-state index contributed by atoms with van der Waals surface area (Å²) in [5, 5.41) is 6.21. The van der Waals surface area contributed by atoms with Crippen molar-refractivity contribution in [3.05, 3.63) is 99.5 Å². The van der Waals surface area contributed by atoms with Crippen LogP contribution < -0.4 is 5.32 Å². The first-order valence-corrected chi connectivity index (χ1v) is 14.2. The van der Waals surface area contributed by atoms with Crippen LogP contribution in [0.15, 0.2) is 66.3 Å². The van der Waals surface area contributed by atoms with E-state index in [2.05, 4.69) is 61.4 Å². The Bertz CT molecular complexity index is 1240. The van der Waals surface area contributed by atoms with E-state index in [1.165, 1.54) is 5.56 Å². The van der Waals surface area contributed by atoms with Crippen molar-refractivity contribution < 1.29 is 4.79 Å². The van der Waals surface area contributed by atoms with E-state index in [1.807, 2.05) is 49.5 Å². The summed E-state index contributed by atoms with van der Waals surface area (Å²) in [6, 6.07) is 16.0. The zero-order valence-corrected chi connectivity index (χ0v) is 23.4. The number of amides is 1. The minimum Gasteiger partial charge on any atom is -0.348 e. The van der Waals surface area contributed by atoms with Gasteiger partial charge in [-0.25, -0.2) is 9.97 Å². The third kappa shape index (κ3) is 8.34. The van der Waals surface area contributed by atoms with Gasteiger partial charge in [0.1, 0.15) is 5.82 Å². The highest BCUT2D eigenvalue weighted by atomic mass is 32.1. The van der Waals surface area contributed by atoms with Gasteiger partial charge in [0.2, 0.25) is 0 Å². The van der Waals surface area contributed by atoms with Crippen molar-refractivity contribution in [3.63, 3.8) is 0 Å². The van der Waals surface area contributed by atoms with Crippen molar-refractivity contribution in [3.8, 4) is 0 Å². The summed E-state index contributed by atoms with van der Waals surface area (Å²) < 4.78 is 0. The number of nitrogens with one attached hydrogen (secondary N) is 2. The van der Waals surface area contributed by atoms with Crippen molar-refractivity contribution in [2.75, 3.05) is 18.4 Å². The SMILES string of the molecule is CCCN(CCC)Cc1ccc(NC(=O)c2ccc(CN(Cc3csc(C)n3)Cc3ncc[nH]3)cc2)cc1. The van der Waals surface area contributed by atoms with Crippen LogP contribution in [-0.2, 0) is 26.2 Å². The highest BCUT2D eigenvalue weighted by Crippen LogP contribution is 2.17. The van der Waals surface area contributed by atoms with Gasteiger partial charge in [-0.1, -0.05) is 38.1 Å². The summed E-state index contributed by atoms with van der Waals surface area (Å²) in [7, 11) is 0. The molecule has 0 aliphatic rings. The van der Waals surface area contributed by atoms with Gasteiger partial charge in [-0.05, 0) is 68.2 Å². The standard InChI is InChI=1S/C30H38N6OS/c1-4-16-35(17-5-2)18-25-8-12-27(13-9-25)34-30(37)26-10-6-24(7-11-26)19-36(21-29-31-14-15-32-29)20-28-22-38-23(3)33-28/h6-15,22H,4-5,16-21H2,1-3H3,(H,31,32)(H,34,37). The molecule has 2 aromatic heterocycles. The van der Waals surface area contributed by atoms with Crippen LogP contribution in [0.5, 0.6) is 0 Å². The maximum absolute atomic E-state index is 12.9. The van der Waals surface area contributed by atoms with Crippen molar-refractivity contribution in [1.29, 1.82) is 0 Å². The summed E-state index contributed by atoms with van der Waals surface area (Å²) in [6.45, 7) is 11.8. The average Bonchev–Trinajstić information content (AvgIpc) is 3.57. The topological polar surface area (TPSA) is 77.2 Å². The molecule has 2 N–H and O–H groups in total. The highest BCUT2D eigenvalue weighted by molar-refractivity contribution is 7.09. The zero-order valence-electron chi connectivity index (χ0n) is 22.6. The number of hydrogen-bond acceptors (Lipinski definition) is 6. The molecule has 0 saturated heterocycles. The summed E-state index contributed by atoms with van der Waals surface area (Å²) in [4.78, 5) is 29.9. The summed E-state index contributed by atoms with van der Waals surface area (Å²) in [5.74, 6) is 0.815. The van der Waals surface area contributed by atoms with Crippen molar-refractivity contribution >= 4 is 22.9 Å². The molecule has 0 saturated carbocycles. The first-order valence-electron chi connectivity index (χ1n) is 13.4. The van der Waals surface area contributed by atoms with Gasteiger partial charge >= 0.3 is 0 Å². The van der Waals surface area contributed by atoms with Crippen LogP contribution in [0.25, 0.3) is 0 Å². The Kier molecular flexibility index (Phi) is 10.2. The van der Waals surface area contributed by atoms with Gasteiger partial charge in [-0.15, -0.1) is 11.3 Å². The third-order valence-electron chi connectivity index (χ3n) is 6.30. The first kappa shape index (κ1) is 27.7. The van der Waals surface area contributed by atoms with E-state index in [1.54, 1.807) is 17.5 Å². The molecular formula is C30H38N6OS. The fourth-order valence-corrected chi connectivity index (χ4v) is 5.15. The molecule has 1 amide bonds. The van der Waals surface area contributed by atoms with Gasteiger partial charge < -0.3 is 10.3 Å². The number of thiazole rings is 1. The molecule has 0 spiro atoms. The van der Waals surface area contributed by atoms with Crippen LogP contribution in [0, 0.1) is 6.92 Å². The van der Waals surface area contributed by atoms with Gasteiger partial charge in [0.15, 0.2) is 0 Å². The lowest BCUT2D eigenvalue weighted by Gasteiger charge is -2.21. The first-order chi connectivity index (χ1) is 18.5. The Morgan fingerprint density at radius 1 is 0.895 bits per heavy atom. The van der Waals surface area contributed by atoms with E-state index in [9.17, 15) is 4.79 Å². The highest BCUT2D eigenvalue weighted by Gasteiger charge is 2.13. The van der Waals surface area contributed by atoms with E-state index in [-0.39, 0.29) is 5.91 Å². The van der Waals surface area contributed by atoms with Crippen molar-refractivity contribution in [1.82, 2.24) is 24.8 Å². The number of H-pyrrole nitrogens is 1. The van der Waals surface area contributed by atoms with Gasteiger partial charge in [-0.3, -0.25) is 14.6 Å². The Hall–Kier alpha value is -3.33. The fraction of sp³-hybridized carbons (Fsp3) is 0.367. The molecule has 0 atom stereocenters. The van der Waals surface area contributed by atoms with Gasteiger partial charge in [0.05, 0.1) is 17.2 Å². The van der Waals surface area contributed by atoms with E-state index < -0.39 is 0 Å². The van der Waals surface area contributed by atoms with Crippen molar-refractivity contribution in [2.45, 2.75) is 59.8 Å². The number of aryl methyl sites for hydroxylation is 1. The van der Waals surface area contributed by atoms with Crippen LogP contribution in [-0.4, -0.2) is 43.7 Å². The number of benzene rings is 2. The maximum atomic E-state index is 12.9. The van der Waals surface area contributed by atoms with Crippen LogP contribution in [0.1, 0.15) is 64.7 Å². The van der Waals surface area contributed by atoms with Crippen LogP contribution >= 0.6 is 11.3 Å². The second kappa shape index (κ2) is 14.0. The Morgan fingerprint density at radius 2 is 1.55 bits per heavy atom. The molecule has 0 aliphatic carbocycles. The average molecular weight is 531 g/mol. The number of imidazole rings is 1. The van der Waals surface area contributed by atoms with E-state index in [0.717, 1.165) is 73.3 Å². The quantitative estimate of drug-likeness (QED) is 0.201. The monoisotopic (exact) mass is 530 g/mol. The summed E-state index contributed by atoms with van der Waals surface area (Å²) in [6.07, 6.45) is 5.92. The van der Waals surface area contributed by atoms with E-state index in [0.29, 0.717) is 12.1 Å². The smallest absolute Gasteiger partial charge is 0.255 e. The number of carbonyl (C=O) groups is 1. The number of carbonyl (C=O) groups excluding carboxylic acids is 1. The molecule has 0 fully saturated rings. The Balaban J connectivity index is 1.35. The predicted octanol–water partition coefficient (Wildman–Crippen LogP) is 6.25. The molecule has 8 heteroatoms. The molecule has 38 heavy (non-hydrogen) atoms. The molecule has 7 nitrogen and oxygen atoms in total. The molecule has 4 aromatic rings. The normalized spacial score (nSPS) is 11.4. The number of aromatic nitrogens is 3. The number of nitrogens with zero attached hydrogens (tertiary/aromatic N) is 4. The van der Waals surface area contributed by atoms with Crippen LogP contribution in [0.2, 0.25) is 0 Å².